The summed E-state index contributed by atoms with van der Waals surface area (Å²) in [7, 11) is 0. The summed E-state index contributed by atoms with van der Waals surface area (Å²) in [5.74, 6) is -0.374. The van der Waals surface area contributed by atoms with Gasteiger partial charge in [-0.25, -0.2) is 0 Å². The number of aromatic nitrogens is 2. The Balaban J connectivity index is 1.43. The van der Waals surface area contributed by atoms with Crippen molar-refractivity contribution in [3.05, 3.63) is 77.7 Å². The van der Waals surface area contributed by atoms with E-state index in [1.165, 1.54) is 11.6 Å². The molecule has 0 radical (unpaired) electrons. The lowest BCUT2D eigenvalue weighted by molar-refractivity contribution is -0.145. The lowest BCUT2D eigenvalue weighted by atomic mass is 10.1. The fourth-order valence-electron chi connectivity index (χ4n) is 2.47. The van der Waals surface area contributed by atoms with Crippen LogP contribution in [-0.4, -0.2) is 28.6 Å². The Bertz CT molecular complexity index is 979. The number of amides is 1. The summed E-state index contributed by atoms with van der Waals surface area (Å²) in [5, 5.41) is 6.35. The molecule has 0 fully saturated rings. The number of ether oxygens (including phenoxy) is 1. The van der Waals surface area contributed by atoms with Gasteiger partial charge in [-0.2, -0.15) is 4.98 Å². The van der Waals surface area contributed by atoms with Crippen LogP contribution in [0.2, 0.25) is 0 Å². The first-order chi connectivity index (χ1) is 14.1. The predicted molar refractivity (Wildman–Crippen MR) is 107 cm³/mol. The van der Waals surface area contributed by atoms with Crippen LogP contribution >= 0.6 is 0 Å². The number of hydrogen-bond donors (Lipinski definition) is 1. The third-order valence-corrected chi connectivity index (χ3v) is 4.08. The SMILES string of the molecule is CCc1ccc(-c2noc(COC(=O)CNC(=O)/C=C/c3ccccc3)n2)cc1. The molecule has 0 atom stereocenters. The Hall–Kier alpha value is -3.74. The van der Waals surface area contributed by atoms with E-state index in [1.54, 1.807) is 6.08 Å². The molecule has 0 saturated carbocycles. The van der Waals surface area contributed by atoms with Crippen molar-refractivity contribution in [2.45, 2.75) is 20.0 Å². The van der Waals surface area contributed by atoms with Crippen LogP contribution in [0.3, 0.4) is 0 Å². The summed E-state index contributed by atoms with van der Waals surface area (Å²) in [6.45, 7) is 1.67. The number of esters is 1. The van der Waals surface area contributed by atoms with E-state index in [2.05, 4.69) is 22.4 Å². The zero-order chi connectivity index (χ0) is 20.5. The Kier molecular flexibility index (Phi) is 6.89. The van der Waals surface area contributed by atoms with E-state index in [1.807, 2.05) is 54.6 Å². The van der Waals surface area contributed by atoms with Gasteiger partial charge in [-0.1, -0.05) is 66.7 Å². The zero-order valence-corrected chi connectivity index (χ0v) is 16.0. The molecular formula is C22H21N3O4. The highest BCUT2D eigenvalue weighted by Gasteiger charge is 2.11. The summed E-state index contributed by atoms with van der Waals surface area (Å²) in [4.78, 5) is 27.8. The maximum absolute atomic E-state index is 11.8. The molecule has 0 aliphatic rings. The van der Waals surface area contributed by atoms with E-state index in [0.717, 1.165) is 17.5 Å². The van der Waals surface area contributed by atoms with Crippen molar-refractivity contribution in [1.29, 1.82) is 0 Å². The van der Waals surface area contributed by atoms with Crippen LogP contribution in [0.1, 0.15) is 23.9 Å². The van der Waals surface area contributed by atoms with E-state index in [-0.39, 0.29) is 24.9 Å². The van der Waals surface area contributed by atoms with Crippen LogP contribution in [0.4, 0.5) is 0 Å². The zero-order valence-electron chi connectivity index (χ0n) is 16.0. The summed E-state index contributed by atoms with van der Waals surface area (Å²) in [5.41, 5.74) is 2.93. The van der Waals surface area contributed by atoms with Gasteiger partial charge in [0.2, 0.25) is 11.7 Å². The minimum absolute atomic E-state index is 0.158. The first-order valence-electron chi connectivity index (χ1n) is 9.22. The van der Waals surface area contributed by atoms with Gasteiger partial charge in [0, 0.05) is 11.6 Å². The molecule has 2 aromatic carbocycles. The highest BCUT2D eigenvalue weighted by atomic mass is 16.6. The van der Waals surface area contributed by atoms with Crippen LogP contribution in [0.5, 0.6) is 0 Å². The maximum atomic E-state index is 11.8. The molecule has 1 aromatic heterocycles. The molecule has 0 saturated heterocycles. The molecule has 1 N–H and O–H groups in total. The Morgan fingerprint density at radius 2 is 1.86 bits per heavy atom. The van der Waals surface area contributed by atoms with E-state index in [0.29, 0.717) is 5.82 Å². The van der Waals surface area contributed by atoms with Gasteiger partial charge >= 0.3 is 5.97 Å². The average molecular weight is 391 g/mol. The third-order valence-electron chi connectivity index (χ3n) is 4.08. The molecule has 1 heterocycles. The number of benzene rings is 2. The van der Waals surface area contributed by atoms with Crippen LogP contribution in [0.15, 0.2) is 65.2 Å². The second-order valence-electron chi connectivity index (χ2n) is 6.18. The summed E-state index contributed by atoms with van der Waals surface area (Å²) in [6, 6.07) is 17.2. The molecule has 1 amide bonds. The van der Waals surface area contributed by atoms with Crippen molar-refractivity contribution in [2.75, 3.05) is 6.54 Å². The van der Waals surface area contributed by atoms with Crippen LogP contribution in [0, 0.1) is 0 Å². The van der Waals surface area contributed by atoms with Crippen molar-refractivity contribution in [1.82, 2.24) is 15.5 Å². The third kappa shape index (κ3) is 6.14. The summed E-state index contributed by atoms with van der Waals surface area (Å²) < 4.78 is 10.2. The first kappa shape index (κ1) is 20.0. The smallest absolute Gasteiger partial charge is 0.325 e. The van der Waals surface area contributed by atoms with E-state index in [4.69, 9.17) is 9.26 Å². The van der Waals surface area contributed by atoms with E-state index in [9.17, 15) is 9.59 Å². The number of nitrogens with one attached hydrogen (secondary N) is 1. The van der Waals surface area contributed by atoms with Gasteiger partial charge in [0.15, 0.2) is 6.61 Å². The normalized spacial score (nSPS) is 10.8. The Morgan fingerprint density at radius 1 is 1.10 bits per heavy atom. The minimum Gasteiger partial charge on any atom is -0.454 e. The molecule has 7 heteroatoms. The second-order valence-corrected chi connectivity index (χ2v) is 6.18. The predicted octanol–water partition coefficient (Wildman–Crippen LogP) is 3.17. The summed E-state index contributed by atoms with van der Waals surface area (Å²) >= 11 is 0. The van der Waals surface area contributed by atoms with Crippen molar-refractivity contribution in [3.8, 4) is 11.4 Å². The minimum atomic E-state index is -0.599. The van der Waals surface area contributed by atoms with Gasteiger partial charge < -0.3 is 14.6 Å². The second kappa shape index (κ2) is 9.98. The lowest BCUT2D eigenvalue weighted by Crippen LogP contribution is -2.29. The molecule has 0 aliphatic carbocycles. The molecule has 0 spiro atoms. The molecular weight excluding hydrogens is 370 g/mol. The fourth-order valence-corrected chi connectivity index (χ4v) is 2.47. The molecule has 29 heavy (non-hydrogen) atoms. The first-order valence-corrected chi connectivity index (χ1v) is 9.22. The highest BCUT2D eigenvalue weighted by molar-refractivity contribution is 5.93. The number of carbonyl (C=O) groups is 2. The molecule has 3 aromatic rings. The van der Waals surface area contributed by atoms with Crippen LogP contribution in [0.25, 0.3) is 17.5 Å². The van der Waals surface area contributed by atoms with Crippen LogP contribution < -0.4 is 5.32 Å². The standard InChI is InChI=1S/C22H21N3O4/c1-2-16-8-11-18(12-9-16)22-24-20(29-25-22)15-28-21(27)14-23-19(26)13-10-17-6-4-3-5-7-17/h3-13H,2,14-15H2,1H3,(H,23,26)/b13-10+. The van der Waals surface area contributed by atoms with Gasteiger partial charge in [0.1, 0.15) is 6.54 Å². The Labute approximate surface area is 168 Å². The van der Waals surface area contributed by atoms with Gasteiger partial charge in [0.25, 0.3) is 5.89 Å². The molecule has 0 aliphatic heterocycles. The lowest BCUT2D eigenvalue weighted by Gasteiger charge is -2.02. The summed E-state index contributed by atoms with van der Waals surface area (Å²) in [6.07, 6.45) is 3.97. The van der Waals surface area contributed by atoms with E-state index < -0.39 is 5.97 Å². The number of nitrogens with zero attached hydrogens (tertiary/aromatic N) is 2. The maximum Gasteiger partial charge on any atom is 0.325 e. The number of carbonyl (C=O) groups excluding carboxylic acids is 2. The largest absolute Gasteiger partial charge is 0.454 e. The number of hydrogen-bond acceptors (Lipinski definition) is 6. The van der Waals surface area contributed by atoms with Gasteiger partial charge in [-0.15, -0.1) is 0 Å². The van der Waals surface area contributed by atoms with Crippen molar-refractivity contribution >= 4 is 18.0 Å². The number of aryl methyl sites for hydroxylation is 1. The van der Waals surface area contributed by atoms with E-state index >= 15 is 0 Å². The molecule has 148 valence electrons. The van der Waals surface area contributed by atoms with Crippen molar-refractivity contribution in [2.24, 2.45) is 0 Å². The topological polar surface area (TPSA) is 94.3 Å². The molecule has 3 rings (SSSR count). The Morgan fingerprint density at radius 3 is 2.59 bits per heavy atom. The van der Waals surface area contributed by atoms with Gasteiger partial charge in [-0.3, -0.25) is 9.59 Å². The quantitative estimate of drug-likeness (QED) is 0.468. The van der Waals surface area contributed by atoms with Gasteiger partial charge in [-0.05, 0) is 23.6 Å². The average Bonchev–Trinajstić information content (AvgIpc) is 3.24. The molecule has 0 unspecified atom stereocenters. The van der Waals surface area contributed by atoms with Crippen LogP contribution in [-0.2, 0) is 27.4 Å². The van der Waals surface area contributed by atoms with Crippen molar-refractivity contribution in [3.63, 3.8) is 0 Å². The van der Waals surface area contributed by atoms with Gasteiger partial charge in [0.05, 0.1) is 0 Å². The fraction of sp³-hybridized carbons (Fsp3) is 0.182. The molecule has 0 bridgehead atoms. The number of rotatable bonds is 8. The molecule has 7 nitrogen and oxygen atoms in total. The van der Waals surface area contributed by atoms with Crippen molar-refractivity contribution < 1.29 is 18.8 Å². The highest BCUT2D eigenvalue weighted by Crippen LogP contribution is 2.17. The monoisotopic (exact) mass is 391 g/mol.